The number of carbonyl (C=O) groups excluding carboxylic acids is 1. The van der Waals surface area contributed by atoms with Crippen molar-refractivity contribution in [1.82, 2.24) is 15.3 Å². The fraction of sp³-hybridized carbons (Fsp3) is 0.231. The lowest BCUT2D eigenvalue weighted by atomic mass is 10.2. The van der Waals surface area contributed by atoms with Gasteiger partial charge in [-0.05, 0) is 6.07 Å². The number of hydrogen-bond acceptors (Lipinski definition) is 7. The van der Waals surface area contributed by atoms with Crippen molar-refractivity contribution in [2.45, 2.75) is 6.42 Å². The van der Waals surface area contributed by atoms with Gasteiger partial charge in [0.1, 0.15) is 5.69 Å². The Morgan fingerprint density at radius 2 is 2.04 bits per heavy atom. The molecule has 0 fully saturated rings. The predicted octanol–water partition coefficient (Wildman–Crippen LogP) is 0.997. The second-order valence-corrected chi connectivity index (χ2v) is 4.75. The van der Waals surface area contributed by atoms with Crippen molar-refractivity contribution < 1.29 is 14.6 Å². The zero-order valence-electron chi connectivity index (χ0n) is 12.4. The average molecular weight is 334 g/mol. The van der Waals surface area contributed by atoms with Crippen LogP contribution >= 0.6 is 0 Å². The highest BCUT2D eigenvalue weighted by atomic mass is 16.6. The van der Waals surface area contributed by atoms with Crippen molar-refractivity contribution in [2.75, 3.05) is 18.4 Å². The summed E-state index contributed by atoms with van der Waals surface area (Å²) in [5, 5.41) is 26.9. The molecule has 1 aromatic carbocycles. The van der Waals surface area contributed by atoms with Gasteiger partial charge in [-0.2, -0.15) is 0 Å². The molecule has 1 heterocycles. The number of rotatable bonds is 8. The number of nitro benzene ring substituents is 2. The van der Waals surface area contributed by atoms with Gasteiger partial charge in [0, 0.05) is 30.9 Å². The number of H-pyrrole nitrogens is 1. The van der Waals surface area contributed by atoms with E-state index in [4.69, 9.17) is 0 Å². The molecule has 24 heavy (non-hydrogen) atoms. The molecule has 1 aromatic heterocycles. The van der Waals surface area contributed by atoms with Gasteiger partial charge in [0.15, 0.2) is 0 Å². The number of imidazole rings is 1. The Hall–Kier alpha value is -3.50. The number of non-ortho nitro benzene ring substituents is 1. The van der Waals surface area contributed by atoms with E-state index in [1.165, 1.54) is 12.4 Å². The summed E-state index contributed by atoms with van der Waals surface area (Å²) in [5.41, 5.74) is 0.0503. The number of aromatic amines is 1. The summed E-state index contributed by atoms with van der Waals surface area (Å²) in [4.78, 5) is 38.6. The number of nitrogens with zero attached hydrogens (tertiary/aromatic N) is 3. The number of nitro groups is 2. The summed E-state index contributed by atoms with van der Waals surface area (Å²) in [6.07, 6.45) is 3.75. The van der Waals surface area contributed by atoms with E-state index in [0.29, 0.717) is 13.0 Å². The third kappa shape index (κ3) is 4.50. The monoisotopic (exact) mass is 334 g/mol. The van der Waals surface area contributed by atoms with E-state index in [2.05, 4.69) is 20.6 Å². The molecule has 2 aromatic rings. The van der Waals surface area contributed by atoms with Gasteiger partial charge in [-0.3, -0.25) is 25.0 Å². The first-order chi connectivity index (χ1) is 11.5. The molecule has 0 aliphatic heterocycles. The van der Waals surface area contributed by atoms with Gasteiger partial charge in [0.2, 0.25) is 5.91 Å². The van der Waals surface area contributed by atoms with Crippen molar-refractivity contribution in [3.63, 3.8) is 0 Å². The van der Waals surface area contributed by atoms with Gasteiger partial charge in [0.05, 0.1) is 28.8 Å². The third-order valence-corrected chi connectivity index (χ3v) is 3.10. The van der Waals surface area contributed by atoms with Crippen molar-refractivity contribution in [1.29, 1.82) is 0 Å². The smallest absolute Gasteiger partial charge is 0.299 e. The molecular formula is C13H14N6O5. The number of amides is 1. The zero-order valence-corrected chi connectivity index (χ0v) is 12.4. The second-order valence-electron chi connectivity index (χ2n) is 4.75. The number of aromatic nitrogens is 2. The number of anilines is 1. The van der Waals surface area contributed by atoms with Gasteiger partial charge in [-0.15, -0.1) is 0 Å². The first-order valence-corrected chi connectivity index (χ1v) is 6.88. The topological polar surface area (TPSA) is 156 Å². The van der Waals surface area contributed by atoms with E-state index in [9.17, 15) is 25.0 Å². The van der Waals surface area contributed by atoms with E-state index in [-0.39, 0.29) is 18.1 Å². The number of nitrogens with one attached hydrogen (secondary N) is 3. The summed E-state index contributed by atoms with van der Waals surface area (Å²) >= 11 is 0. The van der Waals surface area contributed by atoms with Crippen LogP contribution in [0.15, 0.2) is 30.7 Å². The van der Waals surface area contributed by atoms with Crippen LogP contribution in [0.3, 0.4) is 0 Å². The van der Waals surface area contributed by atoms with Crippen LogP contribution in [0.4, 0.5) is 17.1 Å². The summed E-state index contributed by atoms with van der Waals surface area (Å²) < 4.78 is 0. The van der Waals surface area contributed by atoms with Gasteiger partial charge in [-0.1, -0.05) is 0 Å². The summed E-state index contributed by atoms with van der Waals surface area (Å²) in [7, 11) is 0. The normalized spacial score (nSPS) is 10.2. The Morgan fingerprint density at radius 3 is 2.67 bits per heavy atom. The number of carbonyl (C=O) groups is 1. The molecule has 11 heteroatoms. The molecule has 0 radical (unpaired) electrons. The fourth-order valence-electron chi connectivity index (χ4n) is 1.93. The number of benzene rings is 1. The molecule has 11 nitrogen and oxygen atoms in total. The molecule has 0 aliphatic carbocycles. The van der Waals surface area contributed by atoms with Crippen LogP contribution in [0.25, 0.3) is 0 Å². The Bertz CT molecular complexity index is 745. The molecular weight excluding hydrogens is 320 g/mol. The zero-order chi connectivity index (χ0) is 17.5. The minimum atomic E-state index is -0.745. The van der Waals surface area contributed by atoms with Crippen LogP contribution in [0, 0.1) is 20.2 Å². The van der Waals surface area contributed by atoms with E-state index in [1.54, 1.807) is 6.20 Å². The first-order valence-electron chi connectivity index (χ1n) is 6.88. The standard InChI is InChI=1S/C13H14N6O5/c20-13(15-4-3-9-6-14-8-17-9)7-16-11-2-1-10(18(21)22)5-12(11)19(23)24/h1-2,5-6,8,16H,3-4,7H2,(H,14,17)(H,15,20). The molecule has 2 rings (SSSR count). The van der Waals surface area contributed by atoms with Crippen LogP contribution < -0.4 is 10.6 Å². The van der Waals surface area contributed by atoms with Crippen molar-refractivity contribution in [2.24, 2.45) is 0 Å². The van der Waals surface area contributed by atoms with Gasteiger partial charge in [0.25, 0.3) is 11.4 Å². The molecule has 0 spiro atoms. The summed E-state index contributed by atoms with van der Waals surface area (Å²) in [6.45, 7) is 0.187. The third-order valence-electron chi connectivity index (χ3n) is 3.10. The second kappa shape index (κ2) is 7.67. The minimum absolute atomic E-state index is 0.0364. The fourth-order valence-corrected chi connectivity index (χ4v) is 1.93. The average Bonchev–Trinajstić information content (AvgIpc) is 3.06. The number of hydrogen-bond donors (Lipinski definition) is 3. The highest BCUT2D eigenvalue weighted by molar-refractivity contribution is 5.81. The highest BCUT2D eigenvalue weighted by Gasteiger charge is 2.19. The molecule has 1 amide bonds. The van der Waals surface area contributed by atoms with Crippen LogP contribution in [0.1, 0.15) is 5.69 Å². The Labute approximate surface area is 135 Å². The molecule has 3 N–H and O–H groups in total. The Morgan fingerprint density at radius 1 is 1.25 bits per heavy atom. The molecule has 0 unspecified atom stereocenters. The minimum Gasteiger partial charge on any atom is -0.371 e. The van der Waals surface area contributed by atoms with Crippen LogP contribution in [0.5, 0.6) is 0 Å². The predicted molar refractivity (Wildman–Crippen MR) is 83.5 cm³/mol. The van der Waals surface area contributed by atoms with E-state index >= 15 is 0 Å². The Balaban J connectivity index is 1.89. The SMILES string of the molecule is O=C(CNc1ccc([N+](=O)[O-])cc1[N+](=O)[O-])NCCc1cnc[nH]1. The van der Waals surface area contributed by atoms with E-state index < -0.39 is 21.2 Å². The van der Waals surface area contributed by atoms with Gasteiger partial charge >= 0.3 is 0 Å². The quantitative estimate of drug-likeness (QED) is 0.480. The molecule has 0 saturated carbocycles. The van der Waals surface area contributed by atoms with Gasteiger partial charge in [-0.25, -0.2) is 4.98 Å². The molecule has 126 valence electrons. The van der Waals surface area contributed by atoms with Gasteiger partial charge < -0.3 is 15.6 Å². The molecule has 0 saturated heterocycles. The van der Waals surface area contributed by atoms with Crippen LogP contribution in [-0.4, -0.2) is 38.8 Å². The molecule has 0 aliphatic rings. The first kappa shape index (κ1) is 16.9. The maximum atomic E-state index is 11.7. The lowest BCUT2D eigenvalue weighted by Crippen LogP contribution is -2.31. The van der Waals surface area contributed by atoms with E-state index in [1.807, 2.05) is 0 Å². The summed E-state index contributed by atoms with van der Waals surface area (Å²) in [5.74, 6) is -0.359. The van der Waals surface area contributed by atoms with Crippen molar-refractivity contribution in [3.8, 4) is 0 Å². The van der Waals surface area contributed by atoms with Crippen molar-refractivity contribution in [3.05, 3.63) is 56.6 Å². The molecule has 0 bridgehead atoms. The van der Waals surface area contributed by atoms with Crippen LogP contribution in [-0.2, 0) is 11.2 Å². The maximum Gasteiger partial charge on any atom is 0.299 e. The molecule has 0 atom stereocenters. The summed E-state index contributed by atoms with van der Waals surface area (Å²) in [6, 6.07) is 3.18. The highest BCUT2D eigenvalue weighted by Crippen LogP contribution is 2.28. The lowest BCUT2D eigenvalue weighted by Gasteiger charge is -2.08. The largest absolute Gasteiger partial charge is 0.371 e. The lowest BCUT2D eigenvalue weighted by molar-refractivity contribution is -0.393. The Kier molecular flexibility index (Phi) is 5.39. The van der Waals surface area contributed by atoms with Crippen LogP contribution in [0.2, 0.25) is 0 Å². The van der Waals surface area contributed by atoms with Crippen molar-refractivity contribution >= 4 is 23.0 Å². The maximum absolute atomic E-state index is 11.7. The van der Waals surface area contributed by atoms with E-state index in [0.717, 1.165) is 17.8 Å².